The predicted octanol–water partition coefficient (Wildman–Crippen LogP) is 9.95. The van der Waals surface area contributed by atoms with Gasteiger partial charge in [-0.05, 0) is 65.7 Å². The van der Waals surface area contributed by atoms with Gasteiger partial charge >= 0.3 is 21.1 Å². The minimum Gasteiger partial charge on any atom is -0.315 e. The van der Waals surface area contributed by atoms with Gasteiger partial charge in [-0.1, -0.05) is 77.9 Å². The fourth-order valence-electron chi connectivity index (χ4n) is 6.27. The van der Waals surface area contributed by atoms with E-state index in [2.05, 4.69) is 148 Å². The molecule has 2 aromatic heterocycles. The van der Waals surface area contributed by atoms with Gasteiger partial charge in [0.15, 0.2) is 0 Å². The average Bonchev–Trinajstić information content (AvgIpc) is 3.75. The van der Waals surface area contributed by atoms with Gasteiger partial charge in [-0.3, -0.25) is 9.97 Å². The molecule has 4 aromatic carbocycles. The van der Waals surface area contributed by atoms with Gasteiger partial charge in [0.1, 0.15) is 0 Å². The van der Waals surface area contributed by atoms with Crippen molar-refractivity contribution in [2.45, 2.75) is 72.6 Å². The van der Waals surface area contributed by atoms with E-state index < -0.39 is 0 Å². The number of aromatic nitrogens is 4. The second kappa shape index (κ2) is 14.6. The van der Waals surface area contributed by atoms with Crippen LogP contribution in [0.15, 0.2) is 97.8 Å². The molecule has 0 saturated heterocycles. The SMILES string of the molecule is CCc1cccc(CC)c1-n1cnc(-c2[c-]c(Cc3[c-]c(-c4cn(-c5c(C(C)C)cccc5C(C)C)cn4)ccc3)ccc2)c1.[Pt+2]. The number of nitrogens with zero attached hydrogens (tertiary/aromatic N) is 4. The summed E-state index contributed by atoms with van der Waals surface area (Å²) in [5.41, 5.74) is 13.9. The summed E-state index contributed by atoms with van der Waals surface area (Å²) in [7, 11) is 0. The Kier molecular flexibility index (Phi) is 10.6. The molecule has 0 saturated carbocycles. The molecule has 5 heteroatoms. The van der Waals surface area contributed by atoms with Crippen LogP contribution in [-0.2, 0) is 40.3 Å². The topological polar surface area (TPSA) is 35.6 Å². The van der Waals surface area contributed by atoms with E-state index in [9.17, 15) is 0 Å². The second-order valence-corrected chi connectivity index (χ2v) is 12.4. The van der Waals surface area contributed by atoms with Crippen molar-refractivity contribution in [2.24, 2.45) is 0 Å². The Morgan fingerprint density at radius 2 is 1.02 bits per heavy atom. The third-order valence-corrected chi connectivity index (χ3v) is 8.63. The number of para-hydroxylation sites is 2. The molecule has 0 aliphatic carbocycles. The Morgan fingerprint density at radius 3 is 1.48 bits per heavy atom. The first-order valence-electron chi connectivity index (χ1n) is 16.2. The van der Waals surface area contributed by atoms with Crippen molar-refractivity contribution >= 4 is 0 Å². The van der Waals surface area contributed by atoms with Crippen LogP contribution >= 0.6 is 0 Å². The van der Waals surface area contributed by atoms with Gasteiger partial charge in [-0.2, -0.15) is 0 Å². The molecular formula is C41H42N4Pt. The van der Waals surface area contributed by atoms with Crippen LogP contribution < -0.4 is 0 Å². The van der Waals surface area contributed by atoms with E-state index in [0.29, 0.717) is 11.8 Å². The van der Waals surface area contributed by atoms with Crippen molar-refractivity contribution < 1.29 is 21.1 Å². The molecule has 2 heterocycles. The molecule has 0 amide bonds. The van der Waals surface area contributed by atoms with Gasteiger partial charge in [0, 0.05) is 11.4 Å². The number of imidazole rings is 2. The molecule has 0 spiro atoms. The van der Waals surface area contributed by atoms with E-state index in [-0.39, 0.29) is 21.1 Å². The summed E-state index contributed by atoms with van der Waals surface area (Å²) >= 11 is 0. The molecule has 0 aliphatic rings. The minimum absolute atomic E-state index is 0. The maximum absolute atomic E-state index is 4.83. The molecule has 0 unspecified atom stereocenters. The van der Waals surface area contributed by atoms with E-state index in [0.717, 1.165) is 52.9 Å². The Labute approximate surface area is 288 Å². The normalized spacial score (nSPS) is 11.3. The molecular weight excluding hydrogens is 744 g/mol. The minimum atomic E-state index is 0. The summed E-state index contributed by atoms with van der Waals surface area (Å²) in [5, 5.41) is 0. The number of benzene rings is 4. The average molecular weight is 786 g/mol. The van der Waals surface area contributed by atoms with Gasteiger partial charge in [-0.25, -0.2) is 0 Å². The van der Waals surface area contributed by atoms with Crippen molar-refractivity contribution in [2.75, 3.05) is 0 Å². The van der Waals surface area contributed by atoms with E-state index in [4.69, 9.17) is 9.97 Å². The maximum Gasteiger partial charge on any atom is 2.00 e. The van der Waals surface area contributed by atoms with Crippen molar-refractivity contribution in [3.8, 4) is 33.9 Å². The summed E-state index contributed by atoms with van der Waals surface area (Å²) in [6, 6.07) is 33.2. The van der Waals surface area contributed by atoms with Crippen LogP contribution in [0.25, 0.3) is 33.9 Å². The molecule has 6 aromatic rings. The number of aryl methyl sites for hydroxylation is 2. The fourth-order valence-corrected chi connectivity index (χ4v) is 6.27. The zero-order chi connectivity index (χ0) is 31.5. The second-order valence-electron chi connectivity index (χ2n) is 12.4. The van der Waals surface area contributed by atoms with Crippen molar-refractivity contribution in [3.63, 3.8) is 0 Å². The summed E-state index contributed by atoms with van der Waals surface area (Å²) in [6.45, 7) is 13.4. The molecule has 0 fully saturated rings. The standard InChI is InChI=1S/C41H42N4.Pt/c1-7-32-15-11-16-33(8-2)40(32)44-24-38(42-26-44)34-17-9-13-30(22-34)21-31-14-10-18-35(23-31)39-25-45(27-43-39)41-36(28(3)4)19-12-20-37(41)29(5)6;/h9-20,24-29H,7-8,21H2,1-6H3;/q-2;+2. The largest absolute Gasteiger partial charge is 2.00 e. The van der Waals surface area contributed by atoms with E-state index in [1.807, 2.05) is 12.7 Å². The summed E-state index contributed by atoms with van der Waals surface area (Å²) in [6.07, 6.45) is 10.9. The quantitative estimate of drug-likeness (QED) is 0.130. The number of rotatable bonds is 10. The Bertz CT molecular complexity index is 1880. The van der Waals surface area contributed by atoms with Gasteiger partial charge in [0.05, 0.1) is 24.0 Å². The van der Waals surface area contributed by atoms with Crippen molar-refractivity contribution in [1.82, 2.24) is 19.1 Å². The molecule has 0 atom stereocenters. The summed E-state index contributed by atoms with van der Waals surface area (Å²) in [5.74, 6) is 0.836. The predicted molar refractivity (Wildman–Crippen MR) is 185 cm³/mol. The molecule has 4 nitrogen and oxygen atoms in total. The van der Waals surface area contributed by atoms with Crippen LogP contribution in [0.4, 0.5) is 0 Å². The molecule has 0 N–H and O–H groups in total. The number of hydrogen-bond donors (Lipinski definition) is 0. The molecule has 0 aliphatic heterocycles. The molecule has 0 radical (unpaired) electrons. The van der Waals surface area contributed by atoms with E-state index >= 15 is 0 Å². The third-order valence-electron chi connectivity index (χ3n) is 8.63. The molecule has 236 valence electrons. The van der Waals surface area contributed by atoms with Crippen LogP contribution in [0.2, 0.25) is 0 Å². The Hall–Kier alpha value is -4.01. The molecule has 0 bridgehead atoms. The fraction of sp³-hybridized carbons (Fsp3) is 0.268. The van der Waals surface area contributed by atoms with Crippen molar-refractivity contribution in [3.05, 3.63) is 143 Å². The van der Waals surface area contributed by atoms with Gasteiger partial charge in [-0.15, -0.1) is 70.8 Å². The Balaban J connectivity index is 0.00000417. The first-order valence-corrected chi connectivity index (χ1v) is 16.2. The first kappa shape index (κ1) is 33.4. The smallest absolute Gasteiger partial charge is 0.315 e. The maximum atomic E-state index is 4.83. The number of hydrogen-bond acceptors (Lipinski definition) is 2. The van der Waals surface area contributed by atoms with Gasteiger partial charge < -0.3 is 9.13 Å². The Morgan fingerprint density at radius 1 is 0.587 bits per heavy atom. The van der Waals surface area contributed by atoms with E-state index in [1.165, 1.54) is 33.6 Å². The molecule has 46 heavy (non-hydrogen) atoms. The van der Waals surface area contributed by atoms with Gasteiger partial charge in [0.25, 0.3) is 0 Å². The molecule has 6 rings (SSSR count). The van der Waals surface area contributed by atoms with Crippen LogP contribution in [0, 0.1) is 12.1 Å². The third kappa shape index (κ3) is 6.88. The van der Waals surface area contributed by atoms with Crippen LogP contribution in [0.5, 0.6) is 0 Å². The van der Waals surface area contributed by atoms with Crippen LogP contribution in [-0.4, -0.2) is 19.1 Å². The zero-order valence-electron chi connectivity index (χ0n) is 27.6. The summed E-state index contributed by atoms with van der Waals surface area (Å²) < 4.78 is 4.37. The first-order chi connectivity index (χ1) is 21.9. The van der Waals surface area contributed by atoms with Crippen LogP contribution in [0.3, 0.4) is 0 Å². The van der Waals surface area contributed by atoms with Crippen molar-refractivity contribution in [1.29, 1.82) is 0 Å². The zero-order valence-corrected chi connectivity index (χ0v) is 29.9. The monoisotopic (exact) mass is 785 g/mol. The summed E-state index contributed by atoms with van der Waals surface area (Å²) in [4.78, 5) is 9.62. The van der Waals surface area contributed by atoms with E-state index in [1.54, 1.807) is 0 Å². The van der Waals surface area contributed by atoms with Crippen LogP contribution in [0.1, 0.15) is 86.8 Å². The van der Waals surface area contributed by atoms with Gasteiger partial charge in [0.2, 0.25) is 0 Å².